The molecule has 0 bridgehead atoms. The van der Waals surface area contributed by atoms with Crippen LogP contribution in [-0.2, 0) is 13.1 Å². The molecule has 0 atom stereocenters. The topological polar surface area (TPSA) is 76.2 Å². The van der Waals surface area contributed by atoms with Gasteiger partial charge in [-0.25, -0.2) is 4.79 Å². The average Bonchev–Trinajstić information content (AvgIpc) is 3.24. The summed E-state index contributed by atoms with van der Waals surface area (Å²) in [6, 6.07) is 2.18. The number of hydrogen-bond acceptors (Lipinski definition) is 4. The zero-order chi connectivity index (χ0) is 16.1. The van der Waals surface area contributed by atoms with Gasteiger partial charge < -0.3 is 19.2 Å². The lowest BCUT2D eigenvalue weighted by Crippen LogP contribution is -2.37. The van der Waals surface area contributed by atoms with Crippen molar-refractivity contribution in [1.29, 1.82) is 0 Å². The summed E-state index contributed by atoms with van der Waals surface area (Å²) >= 11 is 0. The number of carbonyl (C=O) groups is 1. The first-order valence-electron chi connectivity index (χ1n) is 8.12. The van der Waals surface area contributed by atoms with E-state index in [9.17, 15) is 4.79 Å². The second kappa shape index (κ2) is 7.30. The molecule has 1 fully saturated rings. The van der Waals surface area contributed by atoms with E-state index in [1.165, 1.54) is 32.1 Å². The van der Waals surface area contributed by atoms with Crippen molar-refractivity contribution >= 4 is 6.03 Å². The van der Waals surface area contributed by atoms with Gasteiger partial charge in [0.05, 0.1) is 25.6 Å². The monoisotopic (exact) mass is 317 g/mol. The van der Waals surface area contributed by atoms with Crippen LogP contribution in [0.25, 0.3) is 0 Å². The van der Waals surface area contributed by atoms with E-state index in [1.54, 1.807) is 30.8 Å². The van der Waals surface area contributed by atoms with Gasteiger partial charge in [0, 0.05) is 18.7 Å². The van der Waals surface area contributed by atoms with Gasteiger partial charge in [0.1, 0.15) is 6.33 Å². The summed E-state index contributed by atoms with van der Waals surface area (Å²) in [4.78, 5) is 13.8. The zero-order valence-electron chi connectivity index (χ0n) is 13.4. The van der Waals surface area contributed by atoms with Gasteiger partial charge in [-0.2, -0.15) is 0 Å². The number of hydrogen-bond donors (Lipinski definition) is 1. The number of carbonyl (C=O) groups excluding carboxylic acids is 1. The average molecular weight is 317 g/mol. The van der Waals surface area contributed by atoms with E-state index in [4.69, 9.17) is 4.42 Å². The predicted molar refractivity (Wildman–Crippen MR) is 84.6 cm³/mol. The third-order valence-electron chi connectivity index (χ3n) is 4.36. The Kier molecular flexibility index (Phi) is 4.95. The maximum absolute atomic E-state index is 12.2. The van der Waals surface area contributed by atoms with Crippen molar-refractivity contribution in [3.8, 4) is 0 Å². The van der Waals surface area contributed by atoms with E-state index < -0.39 is 0 Å². The summed E-state index contributed by atoms with van der Waals surface area (Å²) < 4.78 is 7.14. The van der Waals surface area contributed by atoms with Crippen molar-refractivity contribution < 1.29 is 9.21 Å². The minimum Gasteiger partial charge on any atom is -0.472 e. The highest BCUT2D eigenvalue weighted by atomic mass is 16.3. The van der Waals surface area contributed by atoms with Gasteiger partial charge in [-0.05, 0) is 18.9 Å². The van der Waals surface area contributed by atoms with Gasteiger partial charge in [0.2, 0.25) is 0 Å². The first-order chi connectivity index (χ1) is 11.2. The van der Waals surface area contributed by atoms with Gasteiger partial charge in [0.15, 0.2) is 5.82 Å². The van der Waals surface area contributed by atoms with Crippen LogP contribution >= 0.6 is 0 Å². The molecule has 0 aromatic carbocycles. The first kappa shape index (κ1) is 15.6. The number of aromatic nitrogens is 3. The summed E-state index contributed by atoms with van der Waals surface area (Å²) in [7, 11) is 1.76. The summed E-state index contributed by atoms with van der Waals surface area (Å²) in [6.45, 7) is 0.905. The third-order valence-corrected chi connectivity index (χ3v) is 4.36. The minimum absolute atomic E-state index is 0.135. The van der Waals surface area contributed by atoms with Crippen LogP contribution in [0.15, 0.2) is 29.3 Å². The molecule has 0 spiro atoms. The molecular weight excluding hydrogens is 294 g/mol. The molecule has 2 aromatic heterocycles. The number of furan rings is 1. The van der Waals surface area contributed by atoms with Gasteiger partial charge in [-0.15, -0.1) is 10.2 Å². The number of nitrogens with one attached hydrogen (secondary N) is 1. The third kappa shape index (κ3) is 3.91. The normalized spacial score (nSPS) is 15.5. The van der Waals surface area contributed by atoms with Crippen LogP contribution < -0.4 is 5.32 Å². The Morgan fingerprint density at radius 3 is 3.00 bits per heavy atom. The van der Waals surface area contributed by atoms with Crippen molar-refractivity contribution in [3.05, 3.63) is 36.3 Å². The Bertz CT molecular complexity index is 616. The maximum atomic E-state index is 12.2. The molecule has 0 unspecified atom stereocenters. The first-order valence-corrected chi connectivity index (χ1v) is 8.12. The Hall–Kier alpha value is -2.31. The van der Waals surface area contributed by atoms with E-state index in [0.717, 1.165) is 11.4 Å². The minimum atomic E-state index is -0.135. The lowest BCUT2D eigenvalue weighted by atomic mass is 9.95. The van der Waals surface area contributed by atoms with Crippen LogP contribution in [0.1, 0.15) is 49.5 Å². The van der Waals surface area contributed by atoms with Gasteiger partial charge >= 0.3 is 6.03 Å². The van der Waals surface area contributed by atoms with Crippen molar-refractivity contribution in [1.82, 2.24) is 25.0 Å². The lowest BCUT2D eigenvalue weighted by Gasteiger charge is -2.24. The van der Waals surface area contributed by atoms with E-state index in [1.807, 2.05) is 6.07 Å². The SMILES string of the molecule is CN(Cc1ccoc1)C(=O)NCc1nncn1C1CCCCC1. The van der Waals surface area contributed by atoms with E-state index in [0.29, 0.717) is 19.1 Å². The quantitative estimate of drug-likeness (QED) is 0.920. The van der Waals surface area contributed by atoms with Crippen LogP contribution in [0.3, 0.4) is 0 Å². The van der Waals surface area contributed by atoms with E-state index >= 15 is 0 Å². The smallest absolute Gasteiger partial charge is 0.317 e. The maximum Gasteiger partial charge on any atom is 0.317 e. The van der Waals surface area contributed by atoms with Crippen LogP contribution in [0.4, 0.5) is 4.79 Å². The second-order valence-electron chi connectivity index (χ2n) is 6.09. The fourth-order valence-corrected chi connectivity index (χ4v) is 3.08. The van der Waals surface area contributed by atoms with Gasteiger partial charge in [-0.1, -0.05) is 19.3 Å². The molecule has 0 aliphatic heterocycles. The molecule has 2 aromatic rings. The van der Waals surface area contributed by atoms with Crippen LogP contribution in [0.2, 0.25) is 0 Å². The summed E-state index contributed by atoms with van der Waals surface area (Å²) in [5, 5.41) is 11.1. The molecule has 1 N–H and O–H groups in total. The summed E-state index contributed by atoms with van der Waals surface area (Å²) in [5.41, 5.74) is 0.966. The lowest BCUT2D eigenvalue weighted by molar-refractivity contribution is 0.205. The molecule has 23 heavy (non-hydrogen) atoms. The zero-order valence-corrected chi connectivity index (χ0v) is 13.4. The van der Waals surface area contributed by atoms with Crippen molar-refractivity contribution in [2.45, 2.75) is 51.2 Å². The highest BCUT2D eigenvalue weighted by molar-refractivity contribution is 5.73. The molecule has 3 rings (SSSR count). The molecule has 1 aliphatic carbocycles. The number of nitrogens with zero attached hydrogens (tertiary/aromatic N) is 4. The molecule has 2 amide bonds. The van der Waals surface area contributed by atoms with Crippen molar-refractivity contribution in [2.75, 3.05) is 7.05 Å². The number of rotatable bonds is 5. The fraction of sp³-hybridized carbons (Fsp3) is 0.562. The van der Waals surface area contributed by atoms with Gasteiger partial charge in [-0.3, -0.25) is 0 Å². The van der Waals surface area contributed by atoms with Crippen LogP contribution in [0, 0.1) is 0 Å². The van der Waals surface area contributed by atoms with Crippen molar-refractivity contribution in [2.24, 2.45) is 0 Å². The molecule has 1 saturated carbocycles. The predicted octanol–water partition coefficient (Wildman–Crippen LogP) is 2.72. The largest absolute Gasteiger partial charge is 0.472 e. The molecule has 0 radical (unpaired) electrons. The van der Waals surface area contributed by atoms with Gasteiger partial charge in [0.25, 0.3) is 0 Å². The molecule has 1 aliphatic rings. The van der Waals surface area contributed by atoms with E-state index in [2.05, 4.69) is 20.1 Å². The highest BCUT2D eigenvalue weighted by Crippen LogP contribution is 2.28. The highest BCUT2D eigenvalue weighted by Gasteiger charge is 2.19. The molecule has 0 saturated heterocycles. The Labute approximate surface area is 135 Å². The van der Waals surface area contributed by atoms with E-state index in [-0.39, 0.29) is 6.03 Å². The Balaban J connectivity index is 1.53. The molecule has 7 nitrogen and oxygen atoms in total. The summed E-state index contributed by atoms with van der Waals surface area (Å²) in [6.07, 6.45) is 11.2. The molecule has 124 valence electrons. The fourth-order valence-electron chi connectivity index (χ4n) is 3.08. The number of urea groups is 1. The molecule has 7 heteroatoms. The Morgan fingerprint density at radius 2 is 2.26 bits per heavy atom. The Morgan fingerprint density at radius 1 is 1.43 bits per heavy atom. The molecule has 2 heterocycles. The second-order valence-corrected chi connectivity index (χ2v) is 6.09. The van der Waals surface area contributed by atoms with Crippen molar-refractivity contribution in [3.63, 3.8) is 0 Å². The standard InChI is InChI=1S/C16H23N5O2/c1-20(10-13-7-8-23-11-13)16(22)17-9-15-19-18-12-21(15)14-5-3-2-4-6-14/h7-8,11-12,14H,2-6,9-10H2,1H3,(H,17,22). The number of amides is 2. The van der Waals surface area contributed by atoms with Crippen LogP contribution in [-0.4, -0.2) is 32.7 Å². The molecular formula is C16H23N5O2. The summed E-state index contributed by atoms with van der Waals surface area (Å²) in [5.74, 6) is 0.821. The van der Waals surface area contributed by atoms with Crippen LogP contribution in [0.5, 0.6) is 0 Å².